The van der Waals surface area contributed by atoms with E-state index in [2.05, 4.69) is 20.0 Å². The predicted molar refractivity (Wildman–Crippen MR) is 258 cm³/mol. The van der Waals surface area contributed by atoms with Gasteiger partial charge >= 0.3 is 43.4 Å². The number of halogens is 6. The number of hydrogen-bond acceptors (Lipinski definition) is 12. The van der Waals surface area contributed by atoms with Crippen LogP contribution in [0.1, 0.15) is 104 Å². The Labute approximate surface area is 433 Å². The number of carbonyl (C=O) groups is 4. The number of carboxylic acids is 1. The van der Waals surface area contributed by atoms with Crippen molar-refractivity contribution in [1.29, 1.82) is 0 Å². The van der Waals surface area contributed by atoms with E-state index in [1.54, 1.807) is 9.80 Å². The van der Waals surface area contributed by atoms with Crippen molar-refractivity contribution in [2.75, 3.05) is 101 Å². The normalized spacial score (nSPS) is 17.9. The SMILES string of the molecule is CC(C)(C)OC(=O)N1CCC(N)CC1.CC(C)(C)OC(=O)N1CCC(NC(=O)CCCN2CCN(c3ccc(C(F)(F)F)cc3)CC2)CC1.O=C([O-])CCCN1CCN(c2ccc(C(F)(F)F)cc2)CC1.[Li+]. The van der Waals surface area contributed by atoms with Crippen molar-refractivity contribution in [3.8, 4) is 0 Å². The van der Waals surface area contributed by atoms with Crippen LogP contribution >= 0.6 is 0 Å². The summed E-state index contributed by atoms with van der Waals surface area (Å²) in [6.45, 7) is 21.3. The van der Waals surface area contributed by atoms with Gasteiger partial charge in [0.2, 0.25) is 5.91 Å². The number of rotatable bonds is 11. The van der Waals surface area contributed by atoms with Crippen molar-refractivity contribution in [2.45, 2.75) is 129 Å². The molecule has 4 aliphatic heterocycles. The molecular weight excluding hydrogens is 946 g/mol. The molecule has 72 heavy (non-hydrogen) atoms. The molecule has 0 unspecified atom stereocenters. The Kier molecular flexibility index (Phi) is 24.3. The van der Waals surface area contributed by atoms with Gasteiger partial charge in [-0.2, -0.15) is 26.3 Å². The number of aliphatic carboxylic acids is 1. The topological polar surface area (TPSA) is 167 Å². The molecular formula is C50H75F6LiN8O7. The molecule has 4 fully saturated rings. The van der Waals surface area contributed by atoms with E-state index < -0.39 is 40.7 Å². The number of hydrogen-bond donors (Lipinski definition) is 2. The van der Waals surface area contributed by atoms with E-state index in [9.17, 15) is 50.6 Å². The van der Waals surface area contributed by atoms with Gasteiger partial charge in [-0.05, 0) is 148 Å². The number of nitrogens with zero attached hydrogens (tertiary/aromatic N) is 6. The van der Waals surface area contributed by atoms with Gasteiger partial charge in [-0.15, -0.1) is 0 Å². The molecule has 0 aliphatic carbocycles. The summed E-state index contributed by atoms with van der Waals surface area (Å²) in [5, 5.41) is 13.4. The van der Waals surface area contributed by atoms with Gasteiger partial charge in [0.05, 0.1) is 11.1 Å². The van der Waals surface area contributed by atoms with Gasteiger partial charge in [0, 0.05) is 114 Å². The van der Waals surface area contributed by atoms with Crippen LogP contribution in [0.3, 0.4) is 0 Å². The van der Waals surface area contributed by atoms with E-state index in [4.69, 9.17) is 15.2 Å². The Bertz CT molecular complexity index is 1950. The summed E-state index contributed by atoms with van der Waals surface area (Å²) in [5.41, 5.74) is 5.13. The molecule has 3 amide bonds. The van der Waals surface area contributed by atoms with Crippen LogP contribution in [0.4, 0.5) is 47.3 Å². The van der Waals surface area contributed by atoms with E-state index >= 15 is 0 Å². The third-order valence-electron chi connectivity index (χ3n) is 12.3. The van der Waals surface area contributed by atoms with Crippen LogP contribution in [0.2, 0.25) is 0 Å². The number of carbonyl (C=O) groups excluding carboxylic acids is 4. The third-order valence-corrected chi connectivity index (χ3v) is 12.3. The number of carboxylic acid groups (broad SMARTS) is 1. The average Bonchev–Trinajstić information content (AvgIpc) is 3.29. The minimum absolute atomic E-state index is 0. The summed E-state index contributed by atoms with van der Waals surface area (Å²) >= 11 is 0. The smallest absolute Gasteiger partial charge is 0.550 e. The fraction of sp³-hybridized carbons (Fsp3) is 0.680. The van der Waals surface area contributed by atoms with Crippen molar-refractivity contribution in [2.24, 2.45) is 5.73 Å². The van der Waals surface area contributed by atoms with Gasteiger partial charge in [0.15, 0.2) is 0 Å². The maximum atomic E-state index is 12.7. The number of nitrogens with one attached hydrogen (secondary N) is 1. The standard InChI is InChI=1S/C25H37F3N4O3.C15H19F3N2O2.C10H20N2O2.Li/c1-24(2,3)35-23(34)32-13-10-20(11-14-32)29-22(33)5-4-12-30-15-17-31(18-16-30)21-8-6-19(7-9-21)25(26,27)28;16-15(17,18)12-3-5-13(6-4-12)20-10-8-19(9-11-20)7-1-2-14(21)22;1-10(2,3)14-9(13)12-6-4-8(11)5-7-12;/h6-9,20H,4-5,10-18H2,1-3H3,(H,29,33);3-6H,1-2,7-11H2,(H,21,22);8H,4-7,11H2,1-3H3;/q;;;+1/p-1. The number of piperidine rings is 2. The number of benzene rings is 2. The van der Waals surface area contributed by atoms with Crippen molar-refractivity contribution >= 4 is 35.4 Å². The van der Waals surface area contributed by atoms with Crippen LogP contribution in [-0.4, -0.2) is 159 Å². The fourth-order valence-electron chi connectivity index (χ4n) is 8.33. The van der Waals surface area contributed by atoms with Gasteiger partial charge in [0.1, 0.15) is 11.2 Å². The monoisotopic (exact) mass is 1020 g/mol. The van der Waals surface area contributed by atoms with Crippen LogP contribution in [0, 0.1) is 0 Å². The van der Waals surface area contributed by atoms with Gasteiger partial charge < -0.3 is 50.0 Å². The van der Waals surface area contributed by atoms with Crippen LogP contribution < -0.4 is 44.8 Å². The largest absolute Gasteiger partial charge is 1.00 e. The molecule has 0 atom stereocenters. The number of anilines is 2. The maximum Gasteiger partial charge on any atom is 1.00 e. The number of nitrogens with two attached hydrogens (primary N) is 1. The van der Waals surface area contributed by atoms with Crippen molar-refractivity contribution in [1.82, 2.24) is 24.9 Å². The van der Waals surface area contributed by atoms with E-state index in [0.717, 1.165) is 140 Å². The van der Waals surface area contributed by atoms with Gasteiger partial charge in [0.25, 0.3) is 0 Å². The van der Waals surface area contributed by atoms with Crippen molar-refractivity contribution < 1.29 is 79.0 Å². The Morgan fingerprint density at radius 1 is 0.569 bits per heavy atom. The Hall–Kier alpha value is -4.42. The van der Waals surface area contributed by atoms with Gasteiger partial charge in [-0.25, -0.2) is 9.59 Å². The first-order valence-corrected chi connectivity index (χ1v) is 24.6. The molecule has 0 saturated carbocycles. The molecule has 4 heterocycles. The van der Waals surface area contributed by atoms with Crippen molar-refractivity contribution in [3.05, 3.63) is 59.7 Å². The summed E-state index contributed by atoms with van der Waals surface area (Å²) < 4.78 is 86.5. The quantitative estimate of drug-likeness (QED) is 0.247. The summed E-state index contributed by atoms with van der Waals surface area (Å²) in [4.78, 5) is 58.5. The zero-order valence-corrected chi connectivity index (χ0v) is 43.2. The molecule has 2 aromatic rings. The van der Waals surface area contributed by atoms with Gasteiger partial charge in [-0.1, -0.05) is 0 Å². The number of piperazine rings is 2. The Morgan fingerprint density at radius 2 is 0.917 bits per heavy atom. The Balaban J connectivity index is 0.000000315. The number of likely N-dealkylation sites (tertiary alicyclic amines) is 2. The first-order chi connectivity index (χ1) is 33.1. The summed E-state index contributed by atoms with van der Waals surface area (Å²) in [6.07, 6.45) is -4.15. The summed E-state index contributed by atoms with van der Waals surface area (Å²) in [7, 11) is 0. The zero-order chi connectivity index (χ0) is 52.6. The van der Waals surface area contributed by atoms with Crippen LogP contribution in [0.25, 0.3) is 0 Å². The molecule has 0 aromatic heterocycles. The van der Waals surface area contributed by atoms with E-state index in [0.29, 0.717) is 32.5 Å². The third kappa shape index (κ3) is 22.8. The van der Waals surface area contributed by atoms with Crippen LogP contribution in [0.15, 0.2) is 48.5 Å². The number of alkyl halides is 6. The van der Waals surface area contributed by atoms with Crippen LogP contribution in [0.5, 0.6) is 0 Å². The average molecular weight is 1020 g/mol. The second kappa shape index (κ2) is 28.3. The molecule has 4 saturated heterocycles. The molecule has 3 N–H and O–H groups in total. The first-order valence-electron chi connectivity index (χ1n) is 24.6. The fourth-order valence-corrected chi connectivity index (χ4v) is 8.33. The molecule has 0 spiro atoms. The predicted octanol–water partition coefficient (Wildman–Crippen LogP) is 3.83. The second-order valence-electron chi connectivity index (χ2n) is 20.4. The molecule has 22 heteroatoms. The first kappa shape index (κ1) is 61.9. The molecule has 2 aromatic carbocycles. The van der Waals surface area contributed by atoms with E-state index in [-0.39, 0.29) is 55.5 Å². The zero-order valence-electron chi connectivity index (χ0n) is 43.2. The number of ether oxygens (including phenoxy) is 2. The maximum absolute atomic E-state index is 12.7. The van der Waals surface area contributed by atoms with E-state index in [1.165, 1.54) is 24.3 Å². The minimum atomic E-state index is -4.32. The summed E-state index contributed by atoms with van der Waals surface area (Å²) in [6, 6.07) is 10.8. The van der Waals surface area contributed by atoms with Crippen LogP contribution in [-0.2, 0) is 31.4 Å². The van der Waals surface area contributed by atoms with E-state index in [1.807, 2.05) is 46.4 Å². The van der Waals surface area contributed by atoms with Gasteiger partial charge in [-0.3, -0.25) is 14.6 Å². The molecule has 4 aliphatic rings. The molecule has 0 radical (unpaired) electrons. The van der Waals surface area contributed by atoms with Crippen molar-refractivity contribution in [3.63, 3.8) is 0 Å². The molecule has 400 valence electrons. The number of amides is 3. The molecule has 6 rings (SSSR count). The Morgan fingerprint density at radius 3 is 1.25 bits per heavy atom. The minimum Gasteiger partial charge on any atom is -0.550 e. The molecule has 0 bridgehead atoms. The molecule has 15 nitrogen and oxygen atoms in total. The second-order valence-corrected chi connectivity index (χ2v) is 20.4. The summed E-state index contributed by atoms with van der Waals surface area (Å²) in [5.74, 6) is -1.01.